The Hall–Kier alpha value is -3.80. The van der Waals surface area contributed by atoms with Gasteiger partial charge in [0, 0.05) is 29.7 Å². The molecule has 0 radical (unpaired) electrons. The molecule has 2 aliphatic rings. The fourth-order valence-corrected chi connectivity index (χ4v) is 4.25. The van der Waals surface area contributed by atoms with Gasteiger partial charge in [0.15, 0.2) is 0 Å². The summed E-state index contributed by atoms with van der Waals surface area (Å²) < 4.78 is 0. The molecule has 1 N–H and O–H groups in total. The number of pyridine rings is 1. The summed E-state index contributed by atoms with van der Waals surface area (Å²) in [5.41, 5.74) is 5.54. The highest BCUT2D eigenvalue weighted by Gasteiger charge is 2.41. The van der Waals surface area contributed by atoms with Crippen LogP contribution >= 0.6 is 0 Å². The van der Waals surface area contributed by atoms with E-state index in [1.807, 2.05) is 48.2 Å². The number of carbonyl (C=O) groups excluding carboxylic acids is 2. The van der Waals surface area contributed by atoms with E-state index in [4.69, 9.17) is 0 Å². The Labute approximate surface area is 174 Å². The lowest BCUT2D eigenvalue weighted by Crippen LogP contribution is -2.47. The van der Waals surface area contributed by atoms with Crippen LogP contribution in [0.1, 0.15) is 38.7 Å². The zero-order chi connectivity index (χ0) is 20.7. The number of anilines is 1. The van der Waals surface area contributed by atoms with Gasteiger partial charge in [0.1, 0.15) is 0 Å². The smallest absolute Gasteiger partial charge is 0.272 e. The molecule has 3 heterocycles. The van der Waals surface area contributed by atoms with E-state index in [1.54, 1.807) is 30.7 Å². The van der Waals surface area contributed by atoms with E-state index in [0.717, 1.165) is 34.4 Å². The summed E-state index contributed by atoms with van der Waals surface area (Å²) >= 11 is 0. The lowest BCUT2D eigenvalue weighted by molar-refractivity contribution is -0.120. The highest BCUT2D eigenvalue weighted by atomic mass is 16.2. The largest absolute Gasteiger partial charge is 0.322 e. The first kappa shape index (κ1) is 18.2. The van der Waals surface area contributed by atoms with Crippen molar-refractivity contribution >= 4 is 23.7 Å². The summed E-state index contributed by atoms with van der Waals surface area (Å²) in [6.45, 7) is 2.04. The van der Waals surface area contributed by atoms with Gasteiger partial charge in [-0.2, -0.15) is 0 Å². The van der Waals surface area contributed by atoms with Crippen molar-refractivity contribution in [1.82, 2.24) is 10.3 Å². The van der Waals surface area contributed by atoms with Crippen molar-refractivity contribution in [2.24, 2.45) is 4.99 Å². The first-order valence-electron chi connectivity index (χ1n) is 9.87. The molecular weight excluding hydrogens is 376 g/mol. The number of aliphatic imine (C=N–C) groups is 1. The minimum atomic E-state index is -0.990. The van der Waals surface area contributed by atoms with Crippen molar-refractivity contribution in [3.8, 4) is 0 Å². The number of nitrogens with one attached hydrogen (secondary N) is 1. The molecule has 6 nitrogen and oxygen atoms in total. The second-order valence-corrected chi connectivity index (χ2v) is 7.59. The van der Waals surface area contributed by atoms with Gasteiger partial charge in [0.25, 0.3) is 11.8 Å². The second kappa shape index (κ2) is 7.22. The molecular formula is C24H20N4O2. The molecule has 0 aliphatic carbocycles. The third-order valence-corrected chi connectivity index (χ3v) is 5.56. The fraction of sp³-hybridized carbons (Fsp3) is 0.167. The van der Waals surface area contributed by atoms with Gasteiger partial charge < -0.3 is 10.2 Å². The van der Waals surface area contributed by atoms with Crippen LogP contribution in [0.15, 0.2) is 72.0 Å². The summed E-state index contributed by atoms with van der Waals surface area (Å²) in [4.78, 5) is 36.4. The van der Waals surface area contributed by atoms with Crippen molar-refractivity contribution in [1.29, 1.82) is 0 Å². The molecule has 0 saturated carbocycles. The number of rotatable bonds is 3. The van der Waals surface area contributed by atoms with Crippen LogP contribution in [-0.2, 0) is 11.2 Å². The monoisotopic (exact) mass is 396 g/mol. The zero-order valence-electron chi connectivity index (χ0n) is 16.4. The Bertz CT molecular complexity index is 1160. The van der Waals surface area contributed by atoms with Gasteiger partial charge in [-0.05, 0) is 42.7 Å². The van der Waals surface area contributed by atoms with Gasteiger partial charge in [0.05, 0.1) is 11.7 Å². The number of hydrogen-bond acceptors (Lipinski definition) is 4. The first-order valence-corrected chi connectivity index (χ1v) is 9.87. The molecule has 2 atom stereocenters. The highest BCUT2D eigenvalue weighted by Crippen LogP contribution is 2.44. The molecule has 5 rings (SSSR count). The van der Waals surface area contributed by atoms with Crippen LogP contribution < -0.4 is 10.2 Å². The molecule has 148 valence electrons. The van der Waals surface area contributed by atoms with Crippen LogP contribution in [0.5, 0.6) is 0 Å². The quantitative estimate of drug-likeness (QED) is 0.739. The molecule has 6 heteroatoms. The summed E-state index contributed by atoms with van der Waals surface area (Å²) in [6.07, 6.45) is 4.54. The zero-order valence-corrected chi connectivity index (χ0v) is 16.4. The van der Waals surface area contributed by atoms with E-state index in [9.17, 15) is 9.59 Å². The van der Waals surface area contributed by atoms with Crippen molar-refractivity contribution in [2.45, 2.75) is 25.6 Å². The van der Waals surface area contributed by atoms with Gasteiger partial charge >= 0.3 is 0 Å². The lowest BCUT2D eigenvalue weighted by atomic mass is 10.0. The van der Waals surface area contributed by atoms with E-state index >= 15 is 0 Å². The molecule has 2 amide bonds. The highest BCUT2D eigenvalue weighted by molar-refractivity contribution is 6.09. The third-order valence-electron chi connectivity index (χ3n) is 5.56. The Morgan fingerprint density at radius 2 is 1.87 bits per heavy atom. The molecule has 0 spiro atoms. The molecule has 2 aliphatic heterocycles. The van der Waals surface area contributed by atoms with Crippen molar-refractivity contribution in [3.63, 3.8) is 0 Å². The topological polar surface area (TPSA) is 74.7 Å². The Kier molecular flexibility index (Phi) is 4.39. The minimum Gasteiger partial charge on any atom is -0.322 e. The normalized spacial score (nSPS) is 19.4. The van der Waals surface area contributed by atoms with E-state index in [1.165, 1.54) is 0 Å². The summed E-state index contributed by atoms with van der Waals surface area (Å²) in [7, 11) is 0. The maximum absolute atomic E-state index is 13.6. The van der Waals surface area contributed by atoms with E-state index in [-0.39, 0.29) is 17.9 Å². The minimum absolute atomic E-state index is 0.128. The SMILES string of the molecule is Cc1cc2c3c(c1)CC(c1ccccc1)N3C(=O)[C@H](NC(=O)c1ccncc1)N=C2. The maximum atomic E-state index is 13.6. The summed E-state index contributed by atoms with van der Waals surface area (Å²) in [5, 5.41) is 2.78. The van der Waals surface area contributed by atoms with Crippen molar-refractivity contribution < 1.29 is 9.59 Å². The molecule has 0 fully saturated rings. The molecule has 0 saturated heterocycles. The number of amides is 2. The van der Waals surface area contributed by atoms with Gasteiger partial charge in [-0.15, -0.1) is 0 Å². The number of hydrogen-bond donors (Lipinski definition) is 1. The van der Waals surface area contributed by atoms with E-state index in [0.29, 0.717) is 5.56 Å². The van der Waals surface area contributed by atoms with Crippen LogP contribution in [-0.4, -0.2) is 29.2 Å². The molecule has 0 bridgehead atoms. The van der Waals surface area contributed by atoms with Crippen LogP contribution in [0.25, 0.3) is 0 Å². The van der Waals surface area contributed by atoms with Gasteiger partial charge in [-0.3, -0.25) is 19.6 Å². The summed E-state index contributed by atoms with van der Waals surface area (Å²) in [5.74, 6) is -0.588. The average molecular weight is 396 g/mol. The number of carbonyl (C=O) groups is 2. The van der Waals surface area contributed by atoms with E-state index < -0.39 is 6.17 Å². The fourth-order valence-electron chi connectivity index (χ4n) is 4.25. The lowest BCUT2D eigenvalue weighted by Gasteiger charge is -2.28. The van der Waals surface area contributed by atoms with Crippen LogP contribution in [0.2, 0.25) is 0 Å². The molecule has 1 unspecified atom stereocenters. The number of aromatic nitrogens is 1. The molecule has 3 aromatic rings. The van der Waals surface area contributed by atoms with Crippen LogP contribution in [0, 0.1) is 6.92 Å². The maximum Gasteiger partial charge on any atom is 0.272 e. The first-order chi connectivity index (χ1) is 14.6. The Balaban J connectivity index is 1.55. The number of nitrogens with zero attached hydrogens (tertiary/aromatic N) is 3. The van der Waals surface area contributed by atoms with Gasteiger partial charge in [-0.25, -0.2) is 0 Å². The average Bonchev–Trinajstić information content (AvgIpc) is 3.10. The number of benzene rings is 2. The third kappa shape index (κ3) is 3.06. The Morgan fingerprint density at radius 3 is 2.63 bits per heavy atom. The van der Waals surface area contributed by atoms with Gasteiger partial charge in [0.2, 0.25) is 6.17 Å². The Morgan fingerprint density at radius 1 is 1.10 bits per heavy atom. The van der Waals surface area contributed by atoms with E-state index in [2.05, 4.69) is 21.4 Å². The predicted molar refractivity (Wildman–Crippen MR) is 115 cm³/mol. The second-order valence-electron chi connectivity index (χ2n) is 7.59. The summed E-state index contributed by atoms with van der Waals surface area (Å²) in [6, 6.07) is 17.2. The molecule has 30 heavy (non-hydrogen) atoms. The van der Waals surface area contributed by atoms with Crippen molar-refractivity contribution in [3.05, 3.63) is 94.8 Å². The standard InChI is InChI=1S/C24H20N4O2/c1-15-11-18-13-20(16-5-3-2-4-6-16)28-21(18)19(12-15)14-26-22(24(28)30)27-23(29)17-7-9-25-10-8-17/h2-12,14,20,22H,13H2,1H3,(H,27,29)/t20?,22-/m0/s1. The number of aryl methyl sites for hydroxylation is 1. The predicted octanol–water partition coefficient (Wildman–Crippen LogP) is 3.21. The van der Waals surface area contributed by atoms with Crippen molar-refractivity contribution in [2.75, 3.05) is 4.90 Å². The van der Waals surface area contributed by atoms with Crippen LogP contribution in [0.3, 0.4) is 0 Å². The molecule has 1 aromatic heterocycles. The van der Waals surface area contributed by atoms with Gasteiger partial charge in [-0.1, -0.05) is 42.0 Å². The van der Waals surface area contributed by atoms with Crippen LogP contribution in [0.4, 0.5) is 5.69 Å². The molecule has 2 aromatic carbocycles.